The standard InChI is InChI=1S/C20H25N3O3/c1-4-25-18-10-16-8-9-23(14-17(16)11-19(18)26-5-2)20(24)7-6-15-12-21-22(3)13-15/h6-7,10-13H,4-5,8-9,14H2,1-3H3. The molecular weight excluding hydrogens is 330 g/mol. The topological polar surface area (TPSA) is 56.6 Å². The maximum atomic E-state index is 12.5. The first-order chi connectivity index (χ1) is 12.6. The van der Waals surface area contributed by atoms with E-state index in [1.807, 2.05) is 38.1 Å². The fourth-order valence-corrected chi connectivity index (χ4v) is 3.09. The van der Waals surface area contributed by atoms with Gasteiger partial charge in [-0.15, -0.1) is 0 Å². The number of carbonyl (C=O) groups excluding carboxylic acids is 1. The highest BCUT2D eigenvalue weighted by Crippen LogP contribution is 2.34. The number of nitrogens with zero attached hydrogens (tertiary/aromatic N) is 3. The highest BCUT2D eigenvalue weighted by molar-refractivity contribution is 5.91. The Balaban J connectivity index is 1.74. The number of hydrogen-bond donors (Lipinski definition) is 0. The minimum absolute atomic E-state index is 0.00588. The number of fused-ring (bicyclic) bond motifs is 1. The molecule has 3 rings (SSSR count). The summed E-state index contributed by atoms with van der Waals surface area (Å²) in [6.45, 7) is 6.37. The molecule has 0 N–H and O–H groups in total. The van der Waals surface area contributed by atoms with Crippen LogP contribution in [0.3, 0.4) is 0 Å². The molecule has 0 saturated carbocycles. The number of aromatic nitrogens is 2. The van der Waals surface area contributed by atoms with Gasteiger partial charge in [0.1, 0.15) is 0 Å². The van der Waals surface area contributed by atoms with E-state index in [9.17, 15) is 4.79 Å². The average Bonchev–Trinajstić information content (AvgIpc) is 3.05. The maximum absolute atomic E-state index is 12.5. The number of aryl methyl sites for hydroxylation is 1. The number of hydrogen-bond acceptors (Lipinski definition) is 4. The lowest BCUT2D eigenvalue weighted by atomic mass is 9.98. The SMILES string of the molecule is CCOc1cc2c(cc1OCC)CN(C(=O)C=Cc1cnn(C)c1)CC2. The van der Waals surface area contributed by atoms with Gasteiger partial charge in [-0.1, -0.05) is 0 Å². The summed E-state index contributed by atoms with van der Waals surface area (Å²) in [6.07, 6.45) is 7.83. The summed E-state index contributed by atoms with van der Waals surface area (Å²) >= 11 is 0. The van der Waals surface area contributed by atoms with Crippen LogP contribution in [-0.2, 0) is 24.8 Å². The molecule has 2 heterocycles. The average molecular weight is 355 g/mol. The van der Waals surface area contributed by atoms with Crippen LogP contribution in [0.5, 0.6) is 11.5 Å². The van der Waals surface area contributed by atoms with Crippen LogP contribution in [0.2, 0.25) is 0 Å². The smallest absolute Gasteiger partial charge is 0.246 e. The normalized spacial score (nSPS) is 13.7. The second kappa shape index (κ2) is 8.08. The lowest BCUT2D eigenvalue weighted by Crippen LogP contribution is -2.34. The minimum atomic E-state index is 0.00588. The second-order valence-electron chi connectivity index (χ2n) is 6.22. The fraction of sp³-hybridized carbons (Fsp3) is 0.400. The Morgan fingerprint density at radius 3 is 2.50 bits per heavy atom. The van der Waals surface area contributed by atoms with Gasteiger partial charge in [-0.3, -0.25) is 9.48 Å². The number of ether oxygens (including phenoxy) is 2. The summed E-state index contributed by atoms with van der Waals surface area (Å²) in [5.41, 5.74) is 3.25. The Kier molecular flexibility index (Phi) is 5.61. The van der Waals surface area contributed by atoms with Crippen molar-refractivity contribution >= 4 is 12.0 Å². The molecule has 26 heavy (non-hydrogen) atoms. The van der Waals surface area contributed by atoms with Crippen molar-refractivity contribution < 1.29 is 14.3 Å². The highest BCUT2D eigenvalue weighted by atomic mass is 16.5. The van der Waals surface area contributed by atoms with E-state index in [0.29, 0.717) is 26.3 Å². The lowest BCUT2D eigenvalue weighted by Gasteiger charge is -2.29. The third-order valence-electron chi connectivity index (χ3n) is 4.33. The van der Waals surface area contributed by atoms with Gasteiger partial charge in [-0.05, 0) is 49.6 Å². The maximum Gasteiger partial charge on any atom is 0.246 e. The van der Waals surface area contributed by atoms with Gasteiger partial charge in [0.2, 0.25) is 5.91 Å². The van der Waals surface area contributed by atoms with Crippen molar-refractivity contribution in [1.82, 2.24) is 14.7 Å². The molecule has 0 atom stereocenters. The van der Waals surface area contributed by atoms with Crippen LogP contribution in [-0.4, -0.2) is 40.3 Å². The first-order valence-corrected chi connectivity index (χ1v) is 8.97. The predicted molar refractivity (Wildman–Crippen MR) is 100 cm³/mol. The highest BCUT2D eigenvalue weighted by Gasteiger charge is 2.22. The van der Waals surface area contributed by atoms with Crippen LogP contribution in [0.1, 0.15) is 30.5 Å². The van der Waals surface area contributed by atoms with Crippen molar-refractivity contribution in [2.75, 3.05) is 19.8 Å². The van der Waals surface area contributed by atoms with Gasteiger partial charge in [0.05, 0.1) is 19.4 Å². The fourth-order valence-electron chi connectivity index (χ4n) is 3.09. The molecule has 0 fully saturated rings. The second-order valence-corrected chi connectivity index (χ2v) is 6.22. The van der Waals surface area contributed by atoms with Gasteiger partial charge < -0.3 is 14.4 Å². The first kappa shape index (κ1) is 18.0. The van der Waals surface area contributed by atoms with Gasteiger partial charge in [0.25, 0.3) is 0 Å². The van der Waals surface area contributed by atoms with E-state index in [2.05, 4.69) is 11.2 Å². The number of carbonyl (C=O) groups is 1. The summed E-state index contributed by atoms with van der Waals surface area (Å²) in [5, 5.41) is 4.10. The van der Waals surface area contributed by atoms with E-state index < -0.39 is 0 Å². The van der Waals surface area contributed by atoms with Gasteiger partial charge >= 0.3 is 0 Å². The van der Waals surface area contributed by atoms with Crippen LogP contribution in [0.4, 0.5) is 0 Å². The van der Waals surface area contributed by atoms with Crippen LogP contribution in [0, 0.1) is 0 Å². The van der Waals surface area contributed by atoms with E-state index >= 15 is 0 Å². The quantitative estimate of drug-likeness (QED) is 0.748. The molecule has 2 aromatic rings. The molecule has 1 aromatic carbocycles. The summed E-state index contributed by atoms with van der Waals surface area (Å²) in [4.78, 5) is 14.4. The number of rotatable bonds is 6. The van der Waals surface area contributed by atoms with Gasteiger partial charge in [-0.2, -0.15) is 5.10 Å². The monoisotopic (exact) mass is 355 g/mol. The molecule has 0 bridgehead atoms. The van der Waals surface area contributed by atoms with Crippen molar-refractivity contribution in [2.45, 2.75) is 26.8 Å². The minimum Gasteiger partial charge on any atom is -0.490 e. The van der Waals surface area contributed by atoms with Crippen molar-refractivity contribution in [1.29, 1.82) is 0 Å². The van der Waals surface area contributed by atoms with E-state index in [1.165, 1.54) is 5.56 Å². The molecule has 6 nitrogen and oxygen atoms in total. The molecule has 1 aromatic heterocycles. The predicted octanol–water partition coefficient (Wildman–Crippen LogP) is 2.82. The van der Waals surface area contributed by atoms with E-state index in [0.717, 1.165) is 29.0 Å². The van der Waals surface area contributed by atoms with E-state index in [4.69, 9.17) is 9.47 Å². The van der Waals surface area contributed by atoms with Crippen molar-refractivity contribution in [3.8, 4) is 11.5 Å². The lowest BCUT2D eigenvalue weighted by molar-refractivity contribution is -0.126. The zero-order chi connectivity index (χ0) is 18.5. The number of amides is 1. The van der Waals surface area contributed by atoms with Gasteiger partial charge in [0.15, 0.2) is 11.5 Å². The first-order valence-electron chi connectivity index (χ1n) is 8.97. The van der Waals surface area contributed by atoms with Crippen LogP contribution in [0.15, 0.2) is 30.6 Å². The van der Waals surface area contributed by atoms with Crippen LogP contribution in [0.25, 0.3) is 6.08 Å². The molecule has 0 aliphatic carbocycles. The van der Waals surface area contributed by atoms with Gasteiger partial charge in [0, 0.05) is 38.0 Å². The molecule has 1 amide bonds. The Morgan fingerprint density at radius 2 is 1.88 bits per heavy atom. The Bertz CT molecular complexity index is 811. The van der Waals surface area contributed by atoms with E-state index in [-0.39, 0.29) is 5.91 Å². The Hall–Kier alpha value is -2.76. The Labute approximate surface area is 154 Å². The molecule has 0 spiro atoms. The molecule has 0 saturated heterocycles. The third kappa shape index (κ3) is 4.07. The van der Waals surface area contributed by atoms with Crippen molar-refractivity contribution in [2.24, 2.45) is 7.05 Å². The van der Waals surface area contributed by atoms with Gasteiger partial charge in [-0.25, -0.2) is 0 Å². The molecule has 6 heteroatoms. The van der Waals surface area contributed by atoms with E-state index in [1.54, 1.807) is 23.0 Å². The largest absolute Gasteiger partial charge is 0.490 e. The molecule has 1 aliphatic heterocycles. The molecular formula is C20H25N3O3. The van der Waals surface area contributed by atoms with Crippen LogP contribution >= 0.6 is 0 Å². The van der Waals surface area contributed by atoms with Crippen molar-refractivity contribution in [3.63, 3.8) is 0 Å². The zero-order valence-electron chi connectivity index (χ0n) is 15.6. The zero-order valence-corrected chi connectivity index (χ0v) is 15.6. The summed E-state index contributed by atoms with van der Waals surface area (Å²) in [6, 6.07) is 4.06. The molecule has 0 radical (unpaired) electrons. The Morgan fingerprint density at radius 1 is 1.19 bits per heavy atom. The van der Waals surface area contributed by atoms with Crippen LogP contribution < -0.4 is 9.47 Å². The number of benzene rings is 1. The molecule has 0 unspecified atom stereocenters. The summed E-state index contributed by atoms with van der Waals surface area (Å²) in [5.74, 6) is 1.53. The van der Waals surface area contributed by atoms with Crippen molar-refractivity contribution in [3.05, 3.63) is 47.3 Å². The molecule has 1 aliphatic rings. The summed E-state index contributed by atoms with van der Waals surface area (Å²) < 4.78 is 13.1. The summed E-state index contributed by atoms with van der Waals surface area (Å²) in [7, 11) is 1.85. The third-order valence-corrected chi connectivity index (χ3v) is 4.33. The molecule has 138 valence electrons.